The van der Waals surface area contributed by atoms with Gasteiger partial charge < -0.3 is 14.6 Å². The number of ether oxygens (including phenoxy) is 2. The van der Waals surface area contributed by atoms with Crippen molar-refractivity contribution < 1.29 is 24.2 Å². The molecule has 0 spiro atoms. The van der Waals surface area contributed by atoms with Crippen LogP contribution in [0.25, 0.3) is 0 Å². The summed E-state index contributed by atoms with van der Waals surface area (Å²) in [6.45, 7) is 5.00. The molecule has 0 fully saturated rings. The van der Waals surface area contributed by atoms with Crippen molar-refractivity contribution in [2.24, 2.45) is 5.92 Å². The Morgan fingerprint density at radius 1 is 1.15 bits per heavy atom. The second-order valence-electron chi connectivity index (χ2n) is 7.70. The van der Waals surface area contributed by atoms with Gasteiger partial charge in [-0.25, -0.2) is 0 Å². The smallest absolute Gasteiger partial charge is 0.311 e. The number of hydrogen-bond donors (Lipinski definition) is 1. The molecule has 5 nitrogen and oxygen atoms in total. The van der Waals surface area contributed by atoms with Crippen molar-refractivity contribution in [3.8, 4) is 11.5 Å². The third kappa shape index (κ3) is 7.24. The Hall–Kier alpha value is -2.04. The molecular formula is C22H32O5. The maximum atomic E-state index is 11.8. The van der Waals surface area contributed by atoms with E-state index in [1.807, 2.05) is 12.1 Å². The van der Waals surface area contributed by atoms with Gasteiger partial charge in [-0.15, -0.1) is 0 Å². The van der Waals surface area contributed by atoms with E-state index < -0.39 is 5.97 Å². The van der Waals surface area contributed by atoms with Crippen LogP contribution in [0.3, 0.4) is 0 Å². The SMILES string of the molecule is CC(C)CCc1c(OCCCCCCCC(=O)O)ccc2c1OC(=O)CC2. The minimum absolute atomic E-state index is 0.160. The van der Waals surface area contributed by atoms with Crippen LogP contribution < -0.4 is 9.47 Å². The molecule has 0 aromatic heterocycles. The normalized spacial score (nSPS) is 13.4. The van der Waals surface area contributed by atoms with E-state index in [2.05, 4.69) is 13.8 Å². The molecule has 0 amide bonds. The summed E-state index contributed by atoms with van der Waals surface area (Å²) in [6, 6.07) is 4.03. The second-order valence-corrected chi connectivity index (χ2v) is 7.70. The van der Waals surface area contributed by atoms with Crippen LogP contribution in [0, 0.1) is 5.92 Å². The van der Waals surface area contributed by atoms with Gasteiger partial charge in [0.2, 0.25) is 0 Å². The summed E-state index contributed by atoms with van der Waals surface area (Å²) in [4.78, 5) is 22.2. The van der Waals surface area contributed by atoms with E-state index in [0.29, 0.717) is 18.9 Å². The van der Waals surface area contributed by atoms with E-state index in [1.165, 1.54) is 0 Å². The molecule has 0 saturated carbocycles. The number of carbonyl (C=O) groups excluding carboxylic acids is 1. The summed E-state index contributed by atoms with van der Waals surface area (Å²) in [6.07, 6.45) is 7.98. The van der Waals surface area contributed by atoms with Crippen LogP contribution in [0.4, 0.5) is 0 Å². The molecule has 2 rings (SSSR count). The molecule has 27 heavy (non-hydrogen) atoms. The lowest BCUT2D eigenvalue weighted by Gasteiger charge is -2.22. The Balaban J connectivity index is 1.88. The predicted octanol–water partition coefficient (Wildman–Crippen LogP) is 4.93. The molecule has 1 aromatic carbocycles. The first-order valence-corrected chi connectivity index (χ1v) is 10.2. The number of unbranched alkanes of at least 4 members (excludes halogenated alkanes) is 4. The molecule has 150 valence electrons. The monoisotopic (exact) mass is 376 g/mol. The number of carboxylic acid groups (broad SMARTS) is 1. The average Bonchev–Trinajstić information content (AvgIpc) is 2.62. The molecule has 0 radical (unpaired) electrons. The minimum Gasteiger partial charge on any atom is -0.493 e. The molecule has 0 aliphatic carbocycles. The fraction of sp³-hybridized carbons (Fsp3) is 0.636. The molecule has 1 aromatic rings. The minimum atomic E-state index is -0.722. The number of benzene rings is 1. The second kappa shape index (κ2) is 11.0. The van der Waals surface area contributed by atoms with Gasteiger partial charge in [0, 0.05) is 12.0 Å². The van der Waals surface area contributed by atoms with E-state index in [1.54, 1.807) is 0 Å². The summed E-state index contributed by atoms with van der Waals surface area (Å²) in [5.74, 6) is 1.24. The highest BCUT2D eigenvalue weighted by molar-refractivity contribution is 5.76. The zero-order valence-corrected chi connectivity index (χ0v) is 16.6. The van der Waals surface area contributed by atoms with Crippen LogP contribution in [0.15, 0.2) is 12.1 Å². The average molecular weight is 376 g/mol. The first kappa shape index (κ1) is 21.3. The molecule has 1 N–H and O–H groups in total. The number of hydrogen-bond acceptors (Lipinski definition) is 4. The van der Waals surface area contributed by atoms with E-state index in [4.69, 9.17) is 14.6 Å². The first-order valence-electron chi connectivity index (χ1n) is 10.2. The molecule has 0 atom stereocenters. The summed E-state index contributed by atoms with van der Waals surface area (Å²) in [5.41, 5.74) is 2.12. The van der Waals surface area contributed by atoms with Crippen LogP contribution in [0.2, 0.25) is 0 Å². The van der Waals surface area contributed by atoms with Gasteiger partial charge in [-0.3, -0.25) is 9.59 Å². The summed E-state index contributed by atoms with van der Waals surface area (Å²) >= 11 is 0. The summed E-state index contributed by atoms with van der Waals surface area (Å²) in [5, 5.41) is 8.63. The van der Waals surface area contributed by atoms with Crippen molar-refractivity contribution in [3.05, 3.63) is 23.3 Å². The van der Waals surface area contributed by atoms with Crippen LogP contribution in [0.5, 0.6) is 11.5 Å². The van der Waals surface area contributed by atoms with Gasteiger partial charge in [-0.2, -0.15) is 0 Å². The van der Waals surface area contributed by atoms with Gasteiger partial charge in [0.15, 0.2) is 0 Å². The molecule has 1 aliphatic heterocycles. The summed E-state index contributed by atoms with van der Waals surface area (Å²) in [7, 11) is 0. The van der Waals surface area contributed by atoms with Crippen LogP contribution in [-0.2, 0) is 22.4 Å². The fourth-order valence-corrected chi connectivity index (χ4v) is 3.28. The van der Waals surface area contributed by atoms with Gasteiger partial charge in [0.1, 0.15) is 11.5 Å². The topological polar surface area (TPSA) is 72.8 Å². The highest BCUT2D eigenvalue weighted by Gasteiger charge is 2.23. The van der Waals surface area contributed by atoms with Gasteiger partial charge in [0.05, 0.1) is 13.0 Å². The maximum Gasteiger partial charge on any atom is 0.311 e. The molecular weight excluding hydrogens is 344 g/mol. The third-order valence-electron chi connectivity index (χ3n) is 4.88. The van der Waals surface area contributed by atoms with Crippen LogP contribution in [0.1, 0.15) is 76.3 Å². The van der Waals surface area contributed by atoms with Gasteiger partial charge >= 0.3 is 11.9 Å². The maximum absolute atomic E-state index is 11.8. The largest absolute Gasteiger partial charge is 0.493 e. The lowest BCUT2D eigenvalue weighted by Crippen LogP contribution is -2.18. The number of carbonyl (C=O) groups is 2. The Kier molecular flexibility index (Phi) is 8.62. The molecule has 1 aliphatic rings. The highest BCUT2D eigenvalue weighted by atomic mass is 16.5. The van der Waals surface area contributed by atoms with E-state index in [9.17, 15) is 9.59 Å². The number of fused-ring (bicyclic) bond motifs is 1. The van der Waals surface area contributed by atoms with Crippen molar-refractivity contribution in [3.63, 3.8) is 0 Å². The van der Waals surface area contributed by atoms with Gasteiger partial charge in [-0.1, -0.05) is 39.2 Å². The molecule has 0 saturated heterocycles. The Labute approximate surface area is 162 Å². The van der Waals surface area contributed by atoms with Crippen LogP contribution >= 0.6 is 0 Å². The fourth-order valence-electron chi connectivity index (χ4n) is 3.28. The highest BCUT2D eigenvalue weighted by Crippen LogP contribution is 2.37. The molecule has 1 heterocycles. The van der Waals surface area contributed by atoms with Crippen molar-refractivity contribution in [2.75, 3.05) is 6.61 Å². The number of esters is 1. The molecule has 5 heteroatoms. The molecule has 0 unspecified atom stereocenters. The zero-order valence-electron chi connectivity index (χ0n) is 16.6. The Morgan fingerprint density at radius 2 is 1.89 bits per heavy atom. The molecule has 0 bridgehead atoms. The number of carboxylic acids is 1. The van der Waals surface area contributed by atoms with E-state index >= 15 is 0 Å². The predicted molar refractivity (Wildman–Crippen MR) is 104 cm³/mol. The first-order chi connectivity index (χ1) is 13.0. The van der Waals surface area contributed by atoms with E-state index in [0.717, 1.165) is 74.0 Å². The van der Waals surface area contributed by atoms with Crippen molar-refractivity contribution >= 4 is 11.9 Å². The quantitative estimate of drug-likeness (QED) is 0.318. The Bertz CT molecular complexity index is 636. The van der Waals surface area contributed by atoms with Gasteiger partial charge in [0.25, 0.3) is 0 Å². The van der Waals surface area contributed by atoms with Crippen molar-refractivity contribution in [2.45, 2.75) is 78.1 Å². The third-order valence-corrected chi connectivity index (χ3v) is 4.88. The standard InChI is InChI=1S/C22H32O5/c1-16(2)9-12-18-19(13-10-17-11-14-21(25)27-22(17)18)26-15-7-5-3-4-6-8-20(23)24/h10,13,16H,3-9,11-12,14-15H2,1-2H3,(H,23,24). The van der Waals surface area contributed by atoms with Crippen LogP contribution in [-0.4, -0.2) is 23.7 Å². The number of rotatable bonds is 12. The van der Waals surface area contributed by atoms with E-state index in [-0.39, 0.29) is 12.4 Å². The lowest BCUT2D eigenvalue weighted by molar-refractivity contribution is -0.137. The van der Waals surface area contributed by atoms with Crippen molar-refractivity contribution in [1.82, 2.24) is 0 Å². The summed E-state index contributed by atoms with van der Waals surface area (Å²) < 4.78 is 11.6. The number of aliphatic carboxylic acids is 1. The zero-order chi connectivity index (χ0) is 19.6. The number of aryl methyl sites for hydroxylation is 1. The Morgan fingerprint density at radius 3 is 2.63 bits per heavy atom. The van der Waals surface area contributed by atoms with Gasteiger partial charge in [-0.05, 0) is 49.7 Å². The van der Waals surface area contributed by atoms with Crippen molar-refractivity contribution in [1.29, 1.82) is 0 Å². The lowest BCUT2D eigenvalue weighted by atomic mass is 9.96.